The first-order valence-corrected chi connectivity index (χ1v) is 6.18. The molecule has 0 unspecified atom stereocenters. The van der Waals surface area contributed by atoms with E-state index in [2.05, 4.69) is 27.7 Å². The van der Waals surface area contributed by atoms with Crippen molar-refractivity contribution in [2.75, 3.05) is 0 Å². The van der Waals surface area contributed by atoms with Gasteiger partial charge in [-0.25, -0.2) is 0 Å². The minimum Gasteiger partial charge on any atom is -0.147 e. The van der Waals surface area contributed by atoms with Crippen LogP contribution in [-0.2, 0) is 0 Å². The van der Waals surface area contributed by atoms with Crippen LogP contribution in [0.5, 0.6) is 0 Å². The maximum absolute atomic E-state index is 2.34. The van der Waals surface area contributed by atoms with Crippen molar-refractivity contribution in [2.24, 2.45) is 0 Å². The molecule has 0 saturated heterocycles. The second-order valence-corrected chi connectivity index (χ2v) is 10.0. The Labute approximate surface area is 81.2 Å². The number of rotatable bonds is 2. The van der Waals surface area contributed by atoms with Crippen LogP contribution in [0.4, 0.5) is 0 Å². The molecule has 0 aromatic carbocycles. The maximum atomic E-state index is 2.34. The van der Waals surface area contributed by atoms with Crippen LogP contribution in [-0.4, -0.2) is 21.1 Å². The second kappa shape index (κ2) is 9.38. The van der Waals surface area contributed by atoms with Gasteiger partial charge in [0.2, 0.25) is 0 Å². The Balaban J connectivity index is -0.000000180. The molecule has 0 aliphatic heterocycles. The van der Waals surface area contributed by atoms with Gasteiger partial charge in [0.05, 0.1) is 0 Å². The molecular weight excluding hydrogens is 262 g/mol. The van der Waals surface area contributed by atoms with Crippen LogP contribution in [0.15, 0.2) is 0 Å². The normalized spacial score (nSPS) is 8.67. The van der Waals surface area contributed by atoms with Gasteiger partial charge in [-0.2, -0.15) is 0 Å². The van der Waals surface area contributed by atoms with Crippen molar-refractivity contribution in [1.82, 2.24) is 0 Å². The van der Waals surface area contributed by atoms with E-state index in [9.17, 15) is 0 Å². The summed E-state index contributed by atoms with van der Waals surface area (Å²) >= 11 is 0.0389. The molecule has 0 aromatic rings. The smallest absolute Gasteiger partial charge is 0.147 e. The molecule has 0 heterocycles. The van der Waals surface area contributed by atoms with Crippen molar-refractivity contribution in [3.05, 3.63) is 0 Å². The molecule has 0 saturated carbocycles. The summed E-state index contributed by atoms with van der Waals surface area (Å²) in [5, 5.41) is 0. The van der Waals surface area contributed by atoms with Crippen LogP contribution < -0.4 is 0 Å². The Morgan fingerprint density at radius 2 is 1.00 bits per heavy atom. The first-order chi connectivity index (χ1) is 3.13. The van der Waals surface area contributed by atoms with Gasteiger partial charge >= 0.3 is 56.7 Å². The summed E-state index contributed by atoms with van der Waals surface area (Å²) in [5.41, 5.74) is 0. The van der Waals surface area contributed by atoms with E-state index in [4.69, 9.17) is 0 Å². The summed E-state index contributed by atoms with van der Waals surface area (Å²) in [5.74, 6) is 0. The van der Waals surface area contributed by atoms with Gasteiger partial charge in [0, 0.05) is 0 Å². The maximum Gasteiger partial charge on any atom is -0.147 e. The fourth-order valence-electron chi connectivity index (χ4n) is 0.667. The zero-order valence-electron chi connectivity index (χ0n) is 6.47. The van der Waals surface area contributed by atoms with E-state index in [1.54, 1.807) is 0 Å². The van der Waals surface area contributed by atoms with Crippen molar-refractivity contribution in [3.8, 4) is 0 Å². The van der Waals surface area contributed by atoms with Gasteiger partial charge in [-0.3, -0.25) is 0 Å². The van der Waals surface area contributed by atoms with Gasteiger partial charge in [-0.05, 0) is 0 Å². The fraction of sp³-hybridized carbons (Fsp3) is 1.00. The van der Waals surface area contributed by atoms with E-state index in [1.807, 2.05) is 0 Å². The van der Waals surface area contributed by atoms with E-state index in [1.165, 1.54) is 0 Å². The zero-order chi connectivity index (χ0) is 5.86. The monoisotopic (exact) mass is 278 g/mol. The number of halogens is 2. The van der Waals surface area contributed by atoms with E-state index in [-0.39, 0.29) is 46.0 Å². The summed E-state index contributed by atoms with van der Waals surface area (Å²) in [6.45, 7) is 9.36. The topological polar surface area (TPSA) is 0 Å². The third-order valence-corrected chi connectivity index (χ3v) is 4.47. The van der Waals surface area contributed by atoms with Crippen molar-refractivity contribution in [2.45, 2.75) is 35.6 Å². The predicted molar refractivity (Wildman–Crippen MR) is 50.4 cm³/mol. The molecule has 0 atom stereocenters. The Morgan fingerprint density at radius 1 is 0.778 bits per heavy atom. The van der Waals surface area contributed by atoms with Crippen LogP contribution in [0.1, 0.15) is 27.7 Å². The molecule has 58 valence electrons. The van der Waals surface area contributed by atoms with Gasteiger partial charge in [0.25, 0.3) is 0 Å². The average Bonchev–Trinajstić information content (AvgIpc) is 1.27. The average molecular weight is 278 g/mol. The summed E-state index contributed by atoms with van der Waals surface area (Å²) in [6, 6.07) is 0. The van der Waals surface area contributed by atoms with Crippen molar-refractivity contribution < 1.29 is 0 Å². The summed E-state index contributed by atoms with van der Waals surface area (Å²) in [6.07, 6.45) is 0. The van der Waals surface area contributed by atoms with Gasteiger partial charge in [-0.15, -0.1) is 24.8 Å². The van der Waals surface area contributed by atoms with Crippen LogP contribution in [0.3, 0.4) is 0 Å². The van der Waals surface area contributed by atoms with E-state index >= 15 is 0 Å². The van der Waals surface area contributed by atoms with E-state index in [0.29, 0.717) is 0 Å². The molecule has 3 heteroatoms. The van der Waals surface area contributed by atoms with Crippen molar-refractivity contribution in [1.29, 1.82) is 0 Å². The molecule has 9 heavy (non-hydrogen) atoms. The van der Waals surface area contributed by atoms with Gasteiger partial charge in [0.1, 0.15) is 0 Å². The van der Waals surface area contributed by atoms with Crippen LogP contribution >= 0.6 is 24.8 Å². The van der Waals surface area contributed by atoms with Crippen molar-refractivity contribution >= 4 is 46.0 Å². The number of hydrogen-bond acceptors (Lipinski definition) is 0. The van der Waals surface area contributed by atoms with Crippen LogP contribution in [0.2, 0.25) is 7.87 Å². The Hall–Kier alpha value is 1.38. The zero-order valence-corrected chi connectivity index (χ0v) is 11.0. The van der Waals surface area contributed by atoms with Crippen LogP contribution in [0, 0.1) is 0 Å². The molecule has 2 radical (unpaired) electrons. The molecule has 0 nitrogen and oxygen atoms in total. The summed E-state index contributed by atoms with van der Waals surface area (Å²) in [7, 11) is 0. The molecular formula is C6H16Cl2Sn. The minimum absolute atomic E-state index is 0. The molecule has 0 bridgehead atoms. The molecule has 0 aromatic heterocycles. The molecule has 0 spiro atoms. The van der Waals surface area contributed by atoms with E-state index in [0.717, 1.165) is 7.87 Å². The third kappa shape index (κ3) is 17.7. The Morgan fingerprint density at radius 3 is 1.00 bits per heavy atom. The molecule has 0 amide bonds. The third-order valence-electron chi connectivity index (χ3n) is 0.667. The Bertz CT molecular complexity index is 40.3. The molecule has 0 rings (SSSR count). The summed E-state index contributed by atoms with van der Waals surface area (Å²) in [4.78, 5) is 0. The first kappa shape index (κ1) is 16.8. The molecule has 0 N–H and O–H groups in total. The van der Waals surface area contributed by atoms with E-state index < -0.39 is 0 Å². The molecule has 0 fully saturated rings. The molecule has 0 aliphatic carbocycles. The predicted octanol–water partition coefficient (Wildman–Crippen LogP) is 3.19. The second-order valence-electron chi connectivity index (χ2n) is 2.48. The Kier molecular flexibility index (Phi) is 17.5. The first-order valence-electron chi connectivity index (χ1n) is 2.89. The van der Waals surface area contributed by atoms with Crippen LogP contribution in [0.25, 0.3) is 0 Å². The standard InChI is InChI=1S/2C3H7.2ClH.Sn/c2*1-3-2;;;/h2*3H,1-2H3;2*1H;. The molecule has 0 aliphatic rings. The van der Waals surface area contributed by atoms with Gasteiger partial charge < -0.3 is 0 Å². The number of hydrogen-bond donors (Lipinski definition) is 0. The fourth-order valence-corrected chi connectivity index (χ4v) is 4.47. The minimum atomic E-state index is 0. The van der Waals surface area contributed by atoms with Gasteiger partial charge in [-0.1, -0.05) is 0 Å². The summed E-state index contributed by atoms with van der Waals surface area (Å²) < 4.78 is 2.09. The SMILES string of the molecule is C[CH](C)[Sn][CH](C)C.Cl.Cl. The van der Waals surface area contributed by atoms with Crippen molar-refractivity contribution in [3.63, 3.8) is 0 Å². The van der Waals surface area contributed by atoms with Gasteiger partial charge in [0.15, 0.2) is 0 Å². The quantitative estimate of drug-likeness (QED) is 0.680. The largest absolute Gasteiger partial charge is 0.147 e.